The maximum atomic E-state index is 13.6. The van der Waals surface area contributed by atoms with Crippen LogP contribution in [0, 0.1) is 17.1 Å². The number of benzene rings is 2. The molecular formula is C27H29ClFN5O4. The van der Waals surface area contributed by atoms with Crippen molar-refractivity contribution in [3.05, 3.63) is 65.1 Å². The minimum absolute atomic E-state index is 0.0752. The molecule has 0 spiro atoms. The molecule has 9 nitrogen and oxygen atoms in total. The van der Waals surface area contributed by atoms with Crippen LogP contribution in [0.3, 0.4) is 0 Å². The molecule has 3 rings (SSSR count). The summed E-state index contributed by atoms with van der Waals surface area (Å²) in [5, 5.41) is 35.3. The van der Waals surface area contributed by atoms with Gasteiger partial charge in [-0.25, -0.2) is 4.39 Å². The topological polar surface area (TPSA) is 131 Å². The average Bonchev–Trinajstić information content (AvgIpc) is 2.85. The van der Waals surface area contributed by atoms with Gasteiger partial charge in [-0.2, -0.15) is 5.26 Å². The van der Waals surface area contributed by atoms with Crippen LogP contribution in [0.2, 0.25) is 5.02 Å². The minimum atomic E-state index is -0.585. The first-order valence-corrected chi connectivity index (χ1v) is 12.2. The van der Waals surface area contributed by atoms with Gasteiger partial charge in [0.2, 0.25) is 5.91 Å². The number of anilines is 3. The number of nitriles is 1. The number of halogens is 2. The number of amides is 1. The number of ether oxygens (including phenoxy) is 1. The van der Waals surface area contributed by atoms with Crippen LogP contribution in [-0.2, 0) is 4.79 Å². The first kappa shape index (κ1) is 28.8. The molecule has 0 radical (unpaired) electrons. The van der Waals surface area contributed by atoms with Gasteiger partial charge < -0.3 is 25.6 Å². The molecule has 2 unspecified atom stereocenters. The highest BCUT2D eigenvalue weighted by Crippen LogP contribution is 2.36. The van der Waals surface area contributed by atoms with Crippen LogP contribution in [0.5, 0.6) is 5.75 Å². The van der Waals surface area contributed by atoms with E-state index in [1.807, 2.05) is 4.90 Å². The molecule has 38 heavy (non-hydrogen) atoms. The van der Waals surface area contributed by atoms with Gasteiger partial charge in [-0.15, -0.1) is 0 Å². The standard InChI is InChI=1S/C27H29ClFN5O4/c1-16(35)14-34(15-17(2)36)8-4-5-26(37)33-24-10-20-23(11-25(24)38-3)31-13-18(12-30)27(20)32-19-6-7-22(29)21(28)9-19/h4-7,9-11,13,16-17,35-36H,8,14-15H2,1-3H3,(H,31,32)(H,33,37). The van der Waals surface area contributed by atoms with Crippen molar-refractivity contribution in [2.45, 2.75) is 26.1 Å². The lowest BCUT2D eigenvalue weighted by Gasteiger charge is -2.23. The van der Waals surface area contributed by atoms with Crippen molar-refractivity contribution in [3.8, 4) is 11.8 Å². The number of nitrogens with one attached hydrogen (secondary N) is 2. The van der Waals surface area contributed by atoms with E-state index in [0.717, 1.165) is 0 Å². The smallest absolute Gasteiger partial charge is 0.248 e. The van der Waals surface area contributed by atoms with E-state index in [2.05, 4.69) is 21.7 Å². The summed E-state index contributed by atoms with van der Waals surface area (Å²) >= 11 is 5.91. The molecule has 0 saturated heterocycles. The van der Waals surface area contributed by atoms with Crippen LogP contribution in [0.15, 0.2) is 48.7 Å². The van der Waals surface area contributed by atoms with Gasteiger partial charge in [0, 0.05) is 49.0 Å². The monoisotopic (exact) mass is 541 g/mol. The van der Waals surface area contributed by atoms with Crippen LogP contribution in [0.4, 0.5) is 21.5 Å². The van der Waals surface area contributed by atoms with Crippen molar-refractivity contribution in [3.63, 3.8) is 0 Å². The number of hydrogen-bond acceptors (Lipinski definition) is 8. The maximum absolute atomic E-state index is 13.6. The highest BCUT2D eigenvalue weighted by molar-refractivity contribution is 6.31. The molecule has 2 atom stereocenters. The fourth-order valence-corrected chi connectivity index (χ4v) is 4.06. The predicted molar refractivity (Wildman–Crippen MR) is 145 cm³/mol. The van der Waals surface area contributed by atoms with Gasteiger partial charge in [0.05, 0.1) is 46.8 Å². The molecule has 1 amide bonds. The van der Waals surface area contributed by atoms with Crippen LogP contribution in [0.1, 0.15) is 19.4 Å². The normalized spacial score (nSPS) is 12.9. The van der Waals surface area contributed by atoms with Gasteiger partial charge in [0.25, 0.3) is 0 Å². The Balaban J connectivity index is 1.90. The lowest BCUT2D eigenvalue weighted by molar-refractivity contribution is -0.111. The third kappa shape index (κ3) is 7.63. The molecule has 0 aliphatic heterocycles. The zero-order valence-corrected chi connectivity index (χ0v) is 22.0. The van der Waals surface area contributed by atoms with E-state index in [1.54, 1.807) is 32.1 Å². The Bertz CT molecular complexity index is 1360. The molecule has 200 valence electrons. The summed E-state index contributed by atoms with van der Waals surface area (Å²) in [7, 11) is 1.46. The second-order valence-corrected chi connectivity index (χ2v) is 9.20. The summed E-state index contributed by atoms with van der Waals surface area (Å²) in [6.45, 7) is 4.34. The molecule has 0 saturated carbocycles. The van der Waals surface area contributed by atoms with E-state index in [0.29, 0.717) is 53.3 Å². The number of hydrogen-bond donors (Lipinski definition) is 4. The molecular weight excluding hydrogens is 513 g/mol. The molecule has 1 heterocycles. The summed E-state index contributed by atoms with van der Waals surface area (Å²) in [6.07, 6.45) is 3.22. The Kier molecular flexibility index (Phi) is 9.98. The Hall–Kier alpha value is -3.75. The van der Waals surface area contributed by atoms with Crippen LogP contribution < -0.4 is 15.4 Å². The Labute approximate surface area is 225 Å². The zero-order valence-electron chi connectivity index (χ0n) is 21.2. The van der Waals surface area contributed by atoms with Gasteiger partial charge in [-0.05, 0) is 38.1 Å². The van der Waals surface area contributed by atoms with Gasteiger partial charge in [-0.3, -0.25) is 14.7 Å². The van der Waals surface area contributed by atoms with Crippen molar-refractivity contribution in [1.29, 1.82) is 5.26 Å². The Morgan fingerprint density at radius 1 is 1.26 bits per heavy atom. The molecule has 0 fully saturated rings. The second kappa shape index (κ2) is 13.2. The number of carbonyl (C=O) groups excluding carboxylic acids is 1. The van der Waals surface area contributed by atoms with Crippen LogP contribution in [-0.4, -0.2) is 65.0 Å². The summed E-state index contributed by atoms with van der Waals surface area (Å²) in [5.41, 5.74) is 1.94. The summed E-state index contributed by atoms with van der Waals surface area (Å²) in [4.78, 5) is 18.9. The van der Waals surface area contributed by atoms with Gasteiger partial charge in [-0.1, -0.05) is 17.7 Å². The molecule has 0 aliphatic rings. The Morgan fingerprint density at radius 3 is 2.58 bits per heavy atom. The lowest BCUT2D eigenvalue weighted by Crippen LogP contribution is -2.36. The number of rotatable bonds is 11. The van der Waals surface area contributed by atoms with E-state index in [4.69, 9.17) is 16.3 Å². The largest absolute Gasteiger partial charge is 0.494 e. The number of pyridine rings is 1. The number of carbonyl (C=O) groups is 1. The van der Waals surface area contributed by atoms with E-state index in [-0.39, 0.29) is 10.6 Å². The van der Waals surface area contributed by atoms with Crippen molar-refractivity contribution >= 4 is 45.5 Å². The summed E-state index contributed by atoms with van der Waals surface area (Å²) in [6, 6.07) is 9.46. The van der Waals surface area contributed by atoms with Crippen molar-refractivity contribution in [1.82, 2.24) is 9.88 Å². The third-order valence-electron chi connectivity index (χ3n) is 5.43. The first-order valence-electron chi connectivity index (χ1n) is 11.8. The SMILES string of the molecule is COc1cc2ncc(C#N)c(Nc3ccc(F)c(Cl)c3)c2cc1NC(=O)C=CCN(CC(C)O)CC(C)O. The highest BCUT2D eigenvalue weighted by Gasteiger charge is 2.16. The van der Waals surface area contributed by atoms with Crippen LogP contribution in [0.25, 0.3) is 10.9 Å². The Morgan fingerprint density at radius 2 is 1.97 bits per heavy atom. The van der Waals surface area contributed by atoms with Crippen molar-refractivity contribution in [2.24, 2.45) is 0 Å². The predicted octanol–water partition coefficient (Wildman–Crippen LogP) is 4.21. The number of aliphatic hydroxyl groups excluding tert-OH is 2. The van der Waals surface area contributed by atoms with Crippen molar-refractivity contribution in [2.75, 3.05) is 37.4 Å². The number of nitrogens with zero attached hydrogens (tertiary/aromatic N) is 3. The van der Waals surface area contributed by atoms with E-state index in [9.17, 15) is 24.7 Å². The number of aliphatic hydroxyl groups is 2. The molecule has 2 aromatic carbocycles. The highest BCUT2D eigenvalue weighted by atomic mass is 35.5. The van der Waals surface area contributed by atoms with Crippen LogP contribution >= 0.6 is 11.6 Å². The minimum Gasteiger partial charge on any atom is -0.494 e. The first-order chi connectivity index (χ1) is 18.1. The lowest BCUT2D eigenvalue weighted by atomic mass is 10.1. The zero-order chi connectivity index (χ0) is 27.8. The van der Waals surface area contributed by atoms with E-state index >= 15 is 0 Å². The number of aromatic nitrogens is 1. The number of methoxy groups -OCH3 is 1. The molecule has 0 bridgehead atoms. The summed E-state index contributed by atoms with van der Waals surface area (Å²) in [5.74, 6) is -0.641. The van der Waals surface area contributed by atoms with Gasteiger partial charge in [0.1, 0.15) is 17.6 Å². The molecule has 3 aromatic rings. The van der Waals surface area contributed by atoms with Crippen molar-refractivity contribution < 1.29 is 24.1 Å². The van der Waals surface area contributed by atoms with E-state index < -0.39 is 23.9 Å². The average molecular weight is 542 g/mol. The van der Waals surface area contributed by atoms with E-state index in [1.165, 1.54) is 37.6 Å². The molecule has 0 aliphatic carbocycles. The van der Waals surface area contributed by atoms with Gasteiger partial charge >= 0.3 is 0 Å². The molecule has 4 N–H and O–H groups in total. The maximum Gasteiger partial charge on any atom is 0.248 e. The quantitative estimate of drug-likeness (QED) is 0.266. The molecule has 11 heteroatoms. The number of fused-ring (bicyclic) bond motifs is 1. The summed E-state index contributed by atoms with van der Waals surface area (Å²) < 4.78 is 19.1. The van der Waals surface area contributed by atoms with Gasteiger partial charge in [0.15, 0.2) is 0 Å². The fourth-order valence-electron chi connectivity index (χ4n) is 3.88. The fraction of sp³-hybridized carbons (Fsp3) is 0.296. The second-order valence-electron chi connectivity index (χ2n) is 8.79. The molecule has 1 aromatic heterocycles. The third-order valence-corrected chi connectivity index (χ3v) is 5.72.